The summed E-state index contributed by atoms with van der Waals surface area (Å²) in [4.78, 5) is 22.1. The summed E-state index contributed by atoms with van der Waals surface area (Å²) in [6.07, 6.45) is 2.00. The molecule has 5 nitrogen and oxygen atoms in total. The fourth-order valence-corrected chi connectivity index (χ4v) is 1.73. The Labute approximate surface area is 82.4 Å². The molecule has 0 aromatic heterocycles. The van der Waals surface area contributed by atoms with E-state index < -0.39 is 17.6 Å². The molecule has 1 saturated carbocycles. The van der Waals surface area contributed by atoms with Gasteiger partial charge in [0, 0.05) is 0 Å². The van der Waals surface area contributed by atoms with Crippen LogP contribution in [-0.2, 0) is 9.53 Å². The molecule has 5 heteroatoms. The van der Waals surface area contributed by atoms with Crippen molar-refractivity contribution in [3.8, 4) is 0 Å². The number of hydrogen-bond donors (Lipinski definition) is 2. The topological polar surface area (TPSA) is 75.6 Å². The fourth-order valence-electron chi connectivity index (χ4n) is 1.73. The number of ether oxygens (including phenoxy) is 1. The van der Waals surface area contributed by atoms with Crippen LogP contribution in [0.25, 0.3) is 0 Å². The summed E-state index contributed by atoms with van der Waals surface area (Å²) in [7, 11) is 0. The van der Waals surface area contributed by atoms with Crippen molar-refractivity contribution in [2.45, 2.75) is 38.1 Å². The van der Waals surface area contributed by atoms with Crippen molar-refractivity contribution in [3.05, 3.63) is 0 Å². The van der Waals surface area contributed by atoms with Gasteiger partial charge >= 0.3 is 12.1 Å². The molecule has 1 rings (SSSR count). The van der Waals surface area contributed by atoms with Gasteiger partial charge in [-0.1, -0.05) is 12.8 Å². The lowest BCUT2D eigenvalue weighted by atomic mass is 9.98. The number of hydrogen-bond acceptors (Lipinski definition) is 3. The average Bonchev–Trinajstić information content (AvgIpc) is 2.54. The Hall–Kier alpha value is -1.26. The SMILES string of the molecule is CCOC(=O)NC1(C(=O)O)CCCC1. The van der Waals surface area contributed by atoms with Gasteiger partial charge < -0.3 is 15.2 Å². The first-order chi connectivity index (χ1) is 6.60. The Kier molecular flexibility index (Phi) is 3.33. The quantitative estimate of drug-likeness (QED) is 0.717. The number of aliphatic carboxylic acids is 1. The molecule has 0 aliphatic heterocycles. The van der Waals surface area contributed by atoms with Crippen LogP contribution in [0, 0.1) is 0 Å². The number of alkyl carbamates (subject to hydrolysis) is 1. The van der Waals surface area contributed by atoms with E-state index in [4.69, 9.17) is 5.11 Å². The van der Waals surface area contributed by atoms with E-state index in [0.29, 0.717) is 12.8 Å². The minimum absolute atomic E-state index is 0.252. The summed E-state index contributed by atoms with van der Waals surface area (Å²) in [5.74, 6) is -0.969. The zero-order valence-electron chi connectivity index (χ0n) is 8.21. The maximum atomic E-state index is 11.1. The second-order valence-corrected chi connectivity index (χ2v) is 3.44. The predicted octanol–water partition coefficient (Wildman–Crippen LogP) is 1.13. The van der Waals surface area contributed by atoms with E-state index in [1.165, 1.54) is 0 Å². The Morgan fingerprint density at radius 3 is 2.43 bits per heavy atom. The number of carboxylic acid groups (broad SMARTS) is 1. The van der Waals surface area contributed by atoms with Gasteiger partial charge in [-0.2, -0.15) is 0 Å². The molecule has 1 aliphatic rings. The van der Waals surface area contributed by atoms with E-state index in [0.717, 1.165) is 12.8 Å². The van der Waals surface area contributed by atoms with Crippen molar-refractivity contribution < 1.29 is 19.4 Å². The van der Waals surface area contributed by atoms with Gasteiger partial charge in [0.2, 0.25) is 0 Å². The summed E-state index contributed by atoms with van der Waals surface area (Å²) >= 11 is 0. The smallest absolute Gasteiger partial charge is 0.408 e. The number of carbonyl (C=O) groups excluding carboxylic acids is 1. The zero-order chi connectivity index (χ0) is 10.6. The number of carbonyl (C=O) groups is 2. The van der Waals surface area contributed by atoms with Crippen LogP contribution in [-0.4, -0.2) is 29.3 Å². The number of carboxylic acids is 1. The lowest BCUT2D eigenvalue weighted by Crippen LogP contribution is -2.52. The standard InChI is InChI=1S/C9H15NO4/c1-2-14-8(13)10-9(7(11)12)5-3-4-6-9/h2-6H2,1H3,(H,10,13)(H,11,12). The summed E-state index contributed by atoms with van der Waals surface area (Å²) in [5.41, 5.74) is -1.09. The second kappa shape index (κ2) is 4.30. The van der Waals surface area contributed by atoms with Crippen molar-refractivity contribution in [1.29, 1.82) is 0 Å². The summed E-state index contributed by atoms with van der Waals surface area (Å²) in [5, 5.41) is 11.4. The number of rotatable bonds is 3. The third kappa shape index (κ3) is 2.16. The molecule has 0 heterocycles. The van der Waals surface area contributed by atoms with Gasteiger partial charge in [-0.25, -0.2) is 9.59 Å². The van der Waals surface area contributed by atoms with Gasteiger partial charge in [-0.3, -0.25) is 0 Å². The minimum Gasteiger partial charge on any atom is -0.480 e. The molecule has 0 aromatic rings. The summed E-state index contributed by atoms with van der Waals surface area (Å²) in [6.45, 7) is 1.93. The van der Waals surface area contributed by atoms with Crippen LogP contribution in [0.15, 0.2) is 0 Å². The summed E-state index contributed by atoms with van der Waals surface area (Å²) < 4.78 is 4.67. The highest BCUT2D eigenvalue weighted by atomic mass is 16.5. The Balaban J connectivity index is 2.60. The first-order valence-corrected chi connectivity index (χ1v) is 4.79. The summed E-state index contributed by atoms with van der Waals surface area (Å²) in [6, 6.07) is 0. The molecule has 0 saturated heterocycles. The highest BCUT2D eigenvalue weighted by molar-refractivity contribution is 5.84. The molecule has 0 unspecified atom stereocenters. The monoisotopic (exact) mass is 201 g/mol. The van der Waals surface area contributed by atoms with Gasteiger partial charge in [-0.15, -0.1) is 0 Å². The van der Waals surface area contributed by atoms with Crippen molar-refractivity contribution >= 4 is 12.1 Å². The molecule has 0 radical (unpaired) electrons. The van der Waals surface area contributed by atoms with Gasteiger partial charge in [-0.05, 0) is 19.8 Å². The van der Waals surface area contributed by atoms with Crippen LogP contribution in [0.3, 0.4) is 0 Å². The molecule has 1 amide bonds. The lowest BCUT2D eigenvalue weighted by Gasteiger charge is -2.24. The minimum atomic E-state index is -1.09. The van der Waals surface area contributed by atoms with Crippen LogP contribution >= 0.6 is 0 Å². The van der Waals surface area contributed by atoms with Gasteiger partial charge in [0.1, 0.15) is 5.54 Å². The van der Waals surface area contributed by atoms with Crippen LogP contribution < -0.4 is 5.32 Å². The molecule has 0 bridgehead atoms. The van der Waals surface area contributed by atoms with E-state index in [1.807, 2.05) is 0 Å². The van der Waals surface area contributed by atoms with E-state index in [2.05, 4.69) is 10.1 Å². The van der Waals surface area contributed by atoms with Crippen LogP contribution in [0.4, 0.5) is 4.79 Å². The molecule has 0 spiro atoms. The van der Waals surface area contributed by atoms with Crippen molar-refractivity contribution in [1.82, 2.24) is 5.32 Å². The second-order valence-electron chi connectivity index (χ2n) is 3.44. The fraction of sp³-hybridized carbons (Fsp3) is 0.778. The van der Waals surface area contributed by atoms with E-state index in [9.17, 15) is 9.59 Å². The number of nitrogens with one attached hydrogen (secondary N) is 1. The molecule has 0 aromatic carbocycles. The average molecular weight is 201 g/mol. The van der Waals surface area contributed by atoms with Crippen LogP contribution in [0.5, 0.6) is 0 Å². The van der Waals surface area contributed by atoms with Gasteiger partial charge in [0.25, 0.3) is 0 Å². The largest absolute Gasteiger partial charge is 0.480 e. The van der Waals surface area contributed by atoms with Crippen LogP contribution in [0.1, 0.15) is 32.6 Å². The highest BCUT2D eigenvalue weighted by Crippen LogP contribution is 2.29. The van der Waals surface area contributed by atoms with E-state index >= 15 is 0 Å². The molecule has 14 heavy (non-hydrogen) atoms. The molecule has 1 aliphatic carbocycles. The first-order valence-electron chi connectivity index (χ1n) is 4.79. The molecule has 0 atom stereocenters. The first kappa shape index (κ1) is 10.8. The van der Waals surface area contributed by atoms with E-state index in [-0.39, 0.29) is 6.61 Å². The van der Waals surface area contributed by atoms with Crippen LogP contribution in [0.2, 0.25) is 0 Å². The Morgan fingerprint density at radius 1 is 1.43 bits per heavy atom. The molecule has 80 valence electrons. The Bertz CT molecular complexity index is 233. The Morgan fingerprint density at radius 2 is 2.00 bits per heavy atom. The van der Waals surface area contributed by atoms with Crippen molar-refractivity contribution in [2.75, 3.05) is 6.61 Å². The maximum Gasteiger partial charge on any atom is 0.408 e. The zero-order valence-corrected chi connectivity index (χ0v) is 8.21. The van der Waals surface area contributed by atoms with Crippen molar-refractivity contribution in [2.24, 2.45) is 0 Å². The van der Waals surface area contributed by atoms with Gasteiger partial charge in [0.05, 0.1) is 6.61 Å². The molecule has 1 fully saturated rings. The van der Waals surface area contributed by atoms with Crippen molar-refractivity contribution in [3.63, 3.8) is 0 Å². The molecular weight excluding hydrogens is 186 g/mol. The maximum absolute atomic E-state index is 11.1. The van der Waals surface area contributed by atoms with Gasteiger partial charge in [0.15, 0.2) is 0 Å². The van der Waals surface area contributed by atoms with E-state index in [1.54, 1.807) is 6.92 Å². The lowest BCUT2D eigenvalue weighted by molar-refractivity contribution is -0.144. The normalized spacial score (nSPS) is 18.9. The molecule has 2 N–H and O–H groups in total. The third-order valence-corrected chi connectivity index (χ3v) is 2.48. The molecular formula is C9H15NO4. The third-order valence-electron chi connectivity index (χ3n) is 2.48. The predicted molar refractivity (Wildman–Crippen MR) is 49.0 cm³/mol. The number of amides is 1. The highest BCUT2D eigenvalue weighted by Gasteiger charge is 2.42.